The van der Waals surface area contributed by atoms with Gasteiger partial charge in [-0.05, 0) is 30.5 Å². The van der Waals surface area contributed by atoms with Crippen molar-refractivity contribution < 1.29 is 13.2 Å². The molecule has 0 aliphatic rings. The molecule has 0 aromatic heterocycles. The minimum Gasteiger partial charge on any atom is -0.380 e. The third-order valence-corrected chi connectivity index (χ3v) is 4.14. The van der Waals surface area contributed by atoms with Gasteiger partial charge >= 0.3 is 0 Å². The van der Waals surface area contributed by atoms with Crippen LogP contribution in [-0.4, -0.2) is 28.2 Å². The molecule has 1 aromatic carbocycles. The highest BCUT2D eigenvalue weighted by Gasteiger charge is 2.14. The summed E-state index contributed by atoms with van der Waals surface area (Å²) in [5, 5.41) is 0. The number of nitrogens with two attached hydrogens (primary N) is 1. The van der Waals surface area contributed by atoms with E-state index in [-0.39, 0.29) is 17.5 Å². The van der Waals surface area contributed by atoms with Gasteiger partial charge in [0.2, 0.25) is 10.0 Å². The molecular formula is C14H24N2O3S. The summed E-state index contributed by atoms with van der Waals surface area (Å²) in [6, 6.07) is 6.47. The smallest absolute Gasteiger partial charge is 0.240 e. The molecular weight excluding hydrogens is 276 g/mol. The molecule has 20 heavy (non-hydrogen) atoms. The second kappa shape index (κ2) is 7.73. The number of hydrogen-bond donors (Lipinski definition) is 2. The first-order valence-corrected chi connectivity index (χ1v) is 8.24. The first-order valence-electron chi connectivity index (χ1n) is 6.76. The molecule has 0 aliphatic heterocycles. The van der Waals surface area contributed by atoms with Crippen molar-refractivity contribution >= 4 is 10.0 Å². The quantitative estimate of drug-likeness (QED) is 0.715. The van der Waals surface area contributed by atoms with Gasteiger partial charge in [0, 0.05) is 19.2 Å². The third kappa shape index (κ3) is 5.58. The van der Waals surface area contributed by atoms with E-state index in [1.165, 1.54) is 0 Å². The number of rotatable bonds is 8. The molecule has 1 aromatic rings. The number of sulfonamides is 1. The zero-order valence-corrected chi connectivity index (χ0v) is 13.1. The van der Waals surface area contributed by atoms with E-state index in [0.717, 1.165) is 5.56 Å². The lowest BCUT2D eigenvalue weighted by atomic mass is 10.1. The minimum atomic E-state index is -3.50. The normalized spacial score (nSPS) is 13.7. The fourth-order valence-corrected chi connectivity index (χ4v) is 2.68. The lowest BCUT2D eigenvalue weighted by Gasteiger charge is -2.11. The summed E-state index contributed by atoms with van der Waals surface area (Å²) in [4.78, 5) is 0.233. The van der Waals surface area contributed by atoms with Crippen molar-refractivity contribution in [2.24, 2.45) is 11.7 Å². The van der Waals surface area contributed by atoms with E-state index in [0.29, 0.717) is 19.1 Å². The lowest BCUT2D eigenvalue weighted by molar-refractivity contribution is 0.114. The lowest BCUT2D eigenvalue weighted by Crippen LogP contribution is -2.28. The topological polar surface area (TPSA) is 81.4 Å². The van der Waals surface area contributed by atoms with Gasteiger partial charge in [0.1, 0.15) is 0 Å². The molecule has 0 amide bonds. The first kappa shape index (κ1) is 17.1. The van der Waals surface area contributed by atoms with Gasteiger partial charge in [-0.3, -0.25) is 0 Å². The fourth-order valence-electron chi connectivity index (χ4n) is 1.62. The summed E-state index contributed by atoms with van der Waals surface area (Å²) in [6.07, 6.45) is 0. The Labute approximate surface area is 121 Å². The van der Waals surface area contributed by atoms with E-state index < -0.39 is 10.0 Å². The maximum atomic E-state index is 12.1. The van der Waals surface area contributed by atoms with Crippen LogP contribution in [0.5, 0.6) is 0 Å². The minimum absolute atomic E-state index is 0.195. The Morgan fingerprint density at radius 2 is 2.00 bits per heavy atom. The molecule has 1 rings (SSSR count). The Morgan fingerprint density at radius 3 is 2.60 bits per heavy atom. The number of nitrogens with one attached hydrogen (secondary N) is 1. The fraction of sp³-hybridized carbons (Fsp3) is 0.571. The van der Waals surface area contributed by atoms with Gasteiger partial charge in [0.05, 0.1) is 11.5 Å². The van der Waals surface area contributed by atoms with E-state index in [1.54, 1.807) is 18.2 Å². The maximum absolute atomic E-state index is 12.1. The molecule has 1 unspecified atom stereocenters. The van der Waals surface area contributed by atoms with Crippen LogP contribution in [0.25, 0.3) is 0 Å². The van der Waals surface area contributed by atoms with E-state index in [2.05, 4.69) is 4.72 Å². The average molecular weight is 300 g/mol. The highest BCUT2D eigenvalue weighted by Crippen LogP contribution is 2.15. The van der Waals surface area contributed by atoms with Crippen LogP contribution in [0.15, 0.2) is 29.2 Å². The zero-order valence-electron chi connectivity index (χ0n) is 12.3. The van der Waals surface area contributed by atoms with Crippen LogP contribution < -0.4 is 10.5 Å². The second-order valence-corrected chi connectivity index (χ2v) is 6.99. The molecule has 0 saturated carbocycles. The summed E-state index contributed by atoms with van der Waals surface area (Å²) in [5.41, 5.74) is 6.55. The molecule has 114 valence electrons. The van der Waals surface area contributed by atoms with Crippen LogP contribution in [0.3, 0.4) is 0 Å². The van der Waals surface area contributed by atoms with Crippen molar-refractivity contribution in [2.45, 2.75) is 31.7 Å². The van der Waals surface area contributed by atoms with Crippen molar-refractivity contribution in [2.75, 3.05) is 19.8 Å². The summed E-state index contributed by atoms with van der Waals surface area (Å²) in [5.74, 6) is 0.439. The summed E-state index contributed by atoms with van der Waals surface area (Å²) in [6.45, 7) is 7.16. The van der Waals surface area contributed by atoms with Gasteiger partial charge in [-0.25, -0.2) is 13.1 Å². The van der Waals surface area contributed by atoms with E-state index in [9.17, 15) is 8.42 Å². The molecule has 0 saturated heterocycles. The molecule has 0 aliphatic carbocycles. The standard InChI is InChI=1S/C14H24N2O3S/c1-11(2)10-19-8-7-16-20(17,18)14-6-4-5-13(9-14)12(3)15/h4-6,9,11-12,16H,7-8,10,15H2,1-3H3. The van der Waals surface area contributed by atoms with Crippen molar-refractivity contribution in [1.82, 2.24) is 4.72 Å². The Kier molecular flexibility index (Phi) is 6.61. The van der Waals surface area contributed by atoms with Crippen molar-refractivity contribution in [3.05, 3.63) is 29.8 Å². The summed E-state index contributed by atoms with van der Waals surface area (Å²) < 4.78 is 32.1. The second-order valence-electron chi connectivity index (χ2n) is 5.23. The molecule has 0 spiro atoms. The predicted octanol–water partition coefficient (Wildman–Crippen LogP) is 1.66. The molecule has 0 radical (unpaired) electrons. The van der Waals surface area contributed by atoms with Gasteiger partial charge < -0.3 is 10.5 Å². The van der Waals surface area contributed by atoms with Crippen molar-refractivity contribution in [3.8, 4) is 0 Å². The Hall–Kier alpha value is -0.950. The Bertz CT molecular complexity index is 513. The molecule has 0 heterocycles. The van der Waals surface area contributed by atoms with Crippen LogP contribution >= 0.6 is 0 Å². The first-order chi connectivity index (χ1) is 9.33. The summed E-state index contributed by atoms with van der Waals surface area (Å²) in [7, 11) is -3.50. The van der Waals surface area contributed by atoms with Crippen LogP contribution in [0.1, 0.15) is 32.4 Å². The number of ether oxygens (including phenoxy) is 1. The Morgan fingerprint density at radius 1 is 1.30 bits per heavy atom. The number of benzene rings is 1. The highest BCUT2D eigenvalue weighted by molar-refractivity contribution is 7.89. The number of hydrogen-bond acceptors (Lipinski definition) is 4. The van der Waals surface area contributed by atoms with Crippen LogP contribution in [0.2, 0.25) is 0 Å². The SMILES string of the molecule is CC(C)COCCNS(=O)(=O)c1cccc(C(C)N)c1. The monoisotopic (exact) mass is 300 g/mol. The van der Waals surface area contributed by atoms with Crippen molar-refractivity contribution in [3.63, 3.8) is 0 Å². The molecule has 5 nitrogen and oxygen atoms in total. The van der Waals surface area contributed by atoms with Crippen molar-refractivity contribution in [1.29, 1.82) is 0 Å². The molecule has 3 N–H and O–H groups in total. The average Bonchev–Trinajstić information content (AvgIpc) is 2.38. The summed E-state index contributed by atoms with van der Waals surface area (Å²) >= 11 is 0. The molecule has 1 atom stereocenters. The van der Waals surface area contributed by atoms with Gasteiger partial charge in [-0.15, -0.1) is 0 Å². The largest absolute Gasteiger partial charge is 0.380 e. The molecule has 0 bridgehead atoms. The van der Waals surface area contributed by atoms with Crippen LogP contribution in [-0.2, 0) is 14.8 Å². The van der Waals surface area contributed by atoms with Gasteiger partial charge in [0.25, 0.3) is 0 Å². The Balaban J connectivity index is 2.58. The molecule has 6 heteroatoms. The highest BCUT2D eigenvalue weighted by atomic mass is 32.2. The maximum Gasteiger partial charge on any atom is 0.240 e. The van der Waals surface area contributed by atoms with Crippen LogP contribution in [0, 0.1) is 5.92 Å². The molecule has 0 fully saturated rings. The van der Waals surface area contributed by atoms with Gasteiger partial charge in [-0.1, -0.05) is 26.0 Å². The van der Waals surface area contributed by atoms with E-state index in [4.69, 9.17) is 10.5 Å². The van der Waals surface area contributed by atoms with Gasteiger partial charge in [-0.2, -0.15) is 0 Å². The van der Waals surface area contributed by atoms with Crippen LogP contribution in [0.4, 0.5) is 0 Å². The third-order valence-electron chi connectivity index (χ3n) is 2.68. The van der Waals surface area contributed by atoms with Gasteiger partial charge in [0.15, 0.2) is 0 Å². The van der Waals surface area contributed by atoms with E-state index in [1.807, 2.05) is 26.8 Å². The zero-order chi connectivity index (χ0) is 15.2. The van der Waals surface area contributed by atoms with E-state index >= 15 is 0 Å². The predicted molar refractivity (Wildman–Crippen MR) is 79.9 cm³/mol.